The van der Waals surface area contributed by atoms with E-state index in [0.29, 0.717) is 5.69 Å². The number of aromatic amines is 1. The van der Waals surface area contributed by atoms with Crippen LogP contribution in [0.25, 0.3) is 0 Å². The van der Waals surface area contributed by atoms with Crippen LogP contribution in [0.4, 0.5) is 5.69 Å². The minimum atomic E-state index is -0.911. The number of nitrogens with zero attached hydrogens (tertiary/aromatic N) is 1. The van der Waals surface area contributed by atoms with Gasteiger partial charge in [0.05, 0.1) is 5.69 Å². The predicted octanol–water partition coefficient (Wildman–Crippen LogP) is -2.18. The van der Waals surface area contributed by atoms with Crippen LogP contribution in [-0.4, -0.2) is 56.7 Å². The number of hydrogen-bond acceptors (Lipinski definition) is 6. The summed E-state index contributed by atoms with van der Waals surface area (Å²) in [5.41, 5.74) is 11.1. The highest BCUT2D eigenvalue weighted by Crippen LogP contribution is 2.16. The number of nitrogens with one attached hydrogen (secondary N) is 4. The maximum atomic E-state index is 12.0. The zero-order valence-corrected chi connectivity index (χ0v) is 15.5. The summed E-state index contributed by atoms with van der Waals surface area (Å²) >= 11 is 0. The number of nitrogens with two attached hydrogens (primary N) is 2. The summed E-state index contributed by atoms with van der Waals surface area (Å²) in [6.45, 7) is 0. The third kappa shape index (κ3) is 8.06. The molecule has 1 aromatic heterocycles. The van der Waals surface area contributed by atoms with Crippen LogP contribution in [-0.2, 0) is 4.79 Å². The third-order valence-corrected chi connectivity index (χ3v) is 3.07. The number of amidine groups is 2. The SMILES string of the molecule is Cl.Cl.N=C(N)/C=C/NC(=O)c1cc(NC(=O)[C@@H]2C[C@@H](O)C(N)=N2)c[nH]1.O.O. The molecule has 0 unspecified atom stereocenters. The molecule has 0 radical (unpaired) electrons. The average Bonchev–Trinajstić information content (AvgIpc) is 3.06. The van der Waals surface area contributed by atoms with Crippen LogP contribution in [0, 0.1) is 5.41 Å². The number of aromatic nitrogens is 1. The fourth-order valence-electron chi connectivity index (χ4n) is 1.92. The van der Waals surface area contributed by atoms with Gasteiger partial charge < -0.3 is 43.1 Å². The zero-order valence-electron chi connectivity index (χ0n) is 13.9. The van der Waals surface area contributed by atoms with E-state index in [-0.39, 0.29) is 59.6 Å². The molecule has 1 aromatic rings. The number of aliphatic hydroxyl groups is 1. The maximum absolute atomic E-state index is 12.0. The van der Waals surface area contributed by atoms with Gasteiger partial charge in [0.1, 0.15) is 29.5 Å². The molecule has 27 heavy (non-hydrogen) atoms. The Morgan fingerprint density at radius 2 is 2.00 bits per heavy atom. The van der Waals surface area contributed by atoms with Crippen molar-refractivity contribution in [3.05, 3.63) is 30.2 Å². The lowest BCUT2D eigenvalue weighted by Crippen LogP contribution is -2.27. The number of halogens is 2. The number of hydrogen-bond donors (Lipinski definition) is 7. The number of aliphatic imine (C=N–C) groups is 1. The summed E-state index contributed by atoms with van der Waals surface area (Å²) in [6, 6.07) is 0.684. The summed E-state index contributed by atoms with van der Waals surface area (Å²) in [6.07, 6.45) is 3.12. The largest absolute Gasteiger partial charge is 0.412 e. The second-order valence-corrected chi connectivity index (χ2v) is 4.87. The molecule has 2 amide bonds. The normalized spacial score (nSPS) is 17.3. The van der Waals surface area contributed by atoms with E-state index in [0.717, 1.165) is 0 Å². The Balaban J connectivity index is -0.00000144. The van der Waals surface area contributed by atoms with Crippen molar-refractivity contribution in [3.63, 3.8) is 0 Å². The molecule has 2 heterocycles. The monoisotopic (exact) mass is 427 g/mol. The van der Waals surface area contributed by atoms with Gasteiger partial charge in [-0.15, -0.1) is 24.8 Å². The fourth-order valence-corrected chi connectivity index (χ4v) is 1.92. The first-order valence-electron chi connectivity index (χ1n) is 6.68. The number of rotatable bonds is 5. The second kappa shape index (κ2) is 12.7. The fraction of sp³-hybridized carbons (Fsp3) is 0.231. The second-order valence-electron chi connectivity index (χ2n) is 4.87. The summed E-state index contributed by atoms with van der Waals surface area (Å²) in [5.74, 6) is -1.03. The highest BCUT2D eigenvalue weighted by atomic mass is 35.5. The molecule has 2 atom stereocenters. The van der Waals surface area contributed by atoms with Crippen LogP contribution in [0.2, 0.25) is 0 Å². The minimum absolute atomic E-state index is 0. The van der Waals surface area contributed by atoms with Gasteiger partial charge in [-0.3, -0.25) is 20.0 Å². The topological polar surface area (TPSA) is 245 Å². The molecule has 0 saturated carbocycles. The molecule has 0 aromatic carbocycles. The number of amides is 2. The molecule has 2 rings (SSSR count). The van der Waals surface area contributed by atoms with Crippen LogP contribution in [0.1, 0.15) is 16.9 Å². The van der Waals surface area contributed by atoms with Crippen molar-refractivity contribution >= 4 is 54.0 Å². The van der Waals surface area contributed by atoms with Gasteiger partial charge in [-0.1, -0.05) is 0 Å². The van der Waals surface area contributed by atoms with Crippen LogP contribution in [0.5, 0.6) is 0 Å². The van der Waals surface area contributed by atoms with Crippen molar-refractivity contribution in [1.82, 2.24) is 10.3 Å². The van der Waals surface area contributed by atoms with E-state index in [1.807, 2.05) is 0 Å². The molecule has 0 fully saturated rings. The van der Waals surface area contributed by atoms with Gasteiger partial charge in [-0.2, -0.15) is 0 Å². The molecule has 0 aliphatic carbocycles. The lowest BCUT2D eigenvalue weighted by Gasteiger charge is -2.06. The van der Waals surface area contributed by atoms with E-state index >= 15 is 0 Å². The van der Waals surface area contributed by atoms with Crippen molar-refractivity contribution in [1.29, 1.82) is 5.41 Å². The maximum Gasteiger partial charge on any atom is 0.271 e. The number of H-pyrrole nitrogens is 1. The van der Waals surface area contributed by atoms with Crippen molar-refractivity contribution in [2.24, 2.45) is 16.5 Å². The zero-order chi connectivity index (χ0) is 17.0. The first-order chi connectivity index (χ1) is 10.9. The Bertz CT molecular complexity index is 707. The van der Waals surface area contributed by atoms with Gasteiger partial charge in [0, 0.05) is 18.8 Å². The molecule has 14 heteroatoms. The molecule has 0 bridgehead atoms. The Morgan fingerprint density at radius 3 is 2.52 bits per heavy atom. The van der Waals surface area contributed by atoms with E-state index < -0.39 is 24.0 Å². The van der Waals surface area contributed by atoms with Gasteiger partial charge in [-0.25, -0.2) is 0 Å². The lowest BCUT2D eigenvalue weighted by atomic mass is 10.1. The molecule has 12 nitrogen and oxygen atoms in total. The summed E-state index contributed by atoms with van der Waals surface area (Å²) in [5, 5.41) is 21.4. The molecule has 0 saturated heterocycles. The molecular weight excluding hydrogens is 405 g/mol. The molecule has 1 aliphatic rings. The van der Waals surface area contributed by atoms with E-state index in [1.54, 1.807) is 0 Å². The first-order valence-corrected chi connectivity index (χ1v) is 6.68. The number of aliphatic hydroxyl groups excluding tert-OH is 1. The van der Waals surface area contributed by atoms with Crippen LogP contribution in [0.3, 0.4) is 0 Å². The summed E-state index contributed by atoms with van der Waals surface area (Å²) < 4.78 is 0. The quantitative estimate of drug-likeness (QED) is 0.203. The molecule has 154 valence electrons. The lowest BCUT2D eigenvalue weighted by molar-refractivity contribution is -0.117. The number of anilines is 1. The number of carbonyl (C=O) groups is 2. The van der Waals surface area contributed by atoms with Crippen molar-refractivity contribution in [3.8, 4) is 0 Å². The van der Waals surface area contributed by atoms with Crippen LogP contribution < -0.4 is 22.1 Å². The summed E-state index contributed by atoms with van der Waals surface area (Å²) in [4.78, 5) is 30.3. The van der Waals surface area contributed by atoms with E-state index in [9.17, 15) is 14.7 Å². The Kier molecular flexibility index (Phi) is 13.7. The van der Waals surface area contributed by atoms with Crippen molar-refractivity contribution in [2.45, 2.75) is 18.6 Å². The third-order valence-electron chi connectivity index (χ3n) is 3.07. The first kappa shape index (κ1) is 29.1. The molecule has 1 aliphatic heterocycles. The van der Waals surface area contributed by atoms with Gasteiger partial charge in [0.2, 0.25) is 5.91 Å². The number of carbonyl (C=O) groups excluding carboxylic acids is 2. The molecule has 13 N–H and O–H groups in total. The Hall–Kier alpha value is -2.64. The van der Waals surface area contributed by atoms with Gasteiger partial charge in [0.25, 0.3) is 5.91 Å². The smallest absolute Gasteiger partial charge is 0.271 e. The Labute approximate surface area is 166 Å². The molecule has 0 spiro atoms. The predicted molar refractivity (Wildman–Crippen MR) is 106 cm³/mol. The van der Waals surface area contributed by atoms with Crippen LogP contribution in [0.15, 0.2) is 29.5 Å². The van der Waals surface area contributed by atoms with E-state index in [2.05, 4.69) is 20.6 Å². The average molecular weight is 428 g/mol. The summed E-state index contributed by atoms with van der Waals surface area (Å²) in [7, 11) is 0. The van der Waals surface area contributed by atoms with E-state index in [4.69, 9.17) is 16.9 Å². The Morgan fingerprint density at radius 1 is 1.37 bits per heavy atom. The van der Waals surface area contributed by atoms with E-state index in [1.165, 1.54) is 24.5 Å². The standard InChI is InChI=1S/C13H17N7O3.2ClH.2H2O/c14-10(15)1-2-17-12(22)7-3-6(5-18-7)19-13(23)8-4-9(21)11(16)20-8;;;;/h1-3,5,8-9,18,21H,4H2,(H3,14,15)(H2,16,20)(H,17,22)(H,19,23);2*1H;2*1H2/b2-1+;;;;/t8-,9+;;;;/m0..../s1. The van der Waals surface area contributed by atoms with Crippen molar-refractivity contribution < 1.29 is 25.6 Å². The highest BCUT2D eigenvalue weighted by molar-refractivity contribution is 6.01. The van der Waals surface area contributed by atoms with Crippen molar-refractivity contribution in [2.75, 3.05) is 5.32 Å². The van der Waals surface area contributed by atoms with Crippen LogP contribution >= 0.6 is 24.8 Å². The minimum Gasteiger partial charge on any atom is -0.412 e. The van der Waals surface area contributed by atoms with Gasteiger partial charge in [-0.05, 0) is 12.1 Å². The van der Waals surface area contributed by atoms with Gasteiger partial charge >= 0.3 is 0 Å². The highest BCUT2D eigenvalue weighted by Gasteiger charge is 2.30. The molecular formula is C13H23Cl2N7O5. The van der Waals surface area contributed by atoms with Gasteiger partial charge in [0.15, 0.2) is 0 Å².